The van der Waals surface area contributed by atoms with Crippen LogP contribution in [-0.4, -0.2) is 9.97 Å². The maximum absolute atomic E-state index is 6.34. The zero-order chi connectivity index (χ0) is 15.0. The van der Waals surface area contributed by atoms with E-state index >= 15 is 0 Å². The average molecular weight is 362 g/mol. The summed E-state index contributed by atoms with van der Waals surface area (Å²) >= 11 is 9.83. The first-order chi connectivity index (χ1) is 10.1. The van der Waals surface area contributed by atoms with Gasteiger partial charge in [-0.05, 0) is 36.6 Å². The van der Waals surface area contributed by atoms with E-state index in [-0.39, 0.29) is 0 Å². The van der Waals surface area contributed by atoms with Crippen molar-refractivity contribution < 1.29 is 0 Å². The molecule has 0 amide bonds. The molecule has 2 aromatic carbocycles. The monoisotopic (exact) mass is 360 g/mol. The first-order valence-electron chi connectivity index (χ1n) is 6.81. The van der Waals surface area contributed by atoms with Gasteiger partial charge in [0.2, 0.25) is 0 Å². The van der Waals surface area contributed by atoms with E-state index in [1.54, 1.807) is 0 Å². The minimum absolute atomic E-state index is 0.485. The number of aryl methyl sites for hydroxylation is 2. The molecule has 4 heteroatoms. The maximum Gasteiger partial charge on any atom is 0.161 e. The highest BCUT2D eigenvalue weighted by Crippen LogP contribution is 2.29. The van der Waals surface area contributed by atoms with Gasteiger partial charge in [0, 0.05) is 15.4 Å². The number of halogens is 2. The van der Waals surface area contributed by atoms with Crippen LogP contribution in [0.2, 0.25) is 5.15 Å². The van der Waals surface area contributed by atoms with E-state index in [1.165, 1.54) is 5.56 Å². The molecule has 3 rings (SSSR count). The minimum Gasteiger partial charge on any atom is -0.228 e. The summed E-state index contributed by atoms with van der Waals surface area (Å²) in [6, 6.07) is 12.3. The zero-order valence-electron chi connectivity index (χ0n) is 11.8. The molecule has 0 radical (unpaired) electrons. The molecular formula is C17H14BrClN2. The normalized spacial score (nSPS) is 11.0. The quantitative estimate of drug-likeness (QED) is 0.557. The SMILES string of the molecule is CCc1ccc(-c2nc(Cl)c3cc(Br)cc(C)c3n2)cc1. The largest absolute Gasteiger partial charge is 0.228 e. The predicted octanol–water partition coefficient (Wildman–Crippen LogP) is 5.58. The summed E-state index contributed by atoms with van der Waals surface area (Å²) in [5.74, 6) is 0.667. The number of fused-ring (bicyclic) bond motifs is 1. The van der Waals surface area contributed by atoms with Crippen molar-refractivity contribution in [3.05, 3.63) is 57.2 Å². The van der Waals surface area contributed by atoms with Crippen LogP contribution in [0.3, 0.4) is 0 Å². The van der Waals surface area contributed by atoms with Crippen LogP contribution in [0.4, 0.5) is 0 Å². The third-order valence-electron chi connectivity index (χ3n) is 3.53. The number of nitrogens with zero attached hydrogens (tertiary/aromatic N) is 2. The molecule has 0 bridgehead atoms. The Morgan fingerprint density at radius 1 is 1.10 bits per heavy atom. The number of hydrogen-bond acceptors (Lipinski definition) is 2. The molecule has 1 heterocycles. The van der Waals surface area contributed by atoms with Gasteiger partial charge in [-0.1, -0.05) is 58.7 Å². The summed E-state index contributed by atoms with van der Waals surface area (Å²) in [7, 11) is 0. The van der Waals surface area contributed by atoms with E-state index in [0.717, 1.165) is 32.9 Å². The second-order valence-corrected chi connectivity index (χ2v) is 6.28. The lowest BCUT2D eigenvalue weighted by Crippen LogP contribution is -1.94. The summed E-state index contributed by atoms with van der Waals surface area (Å²) in [4.78, 5) is 9.13. The van der Waals surface area contributed by atoms with Gasteiger partial charge in [0.25, 0.3) is 0 Å². The Morgan fingerprint density at radius 3 is 2.48 bits per heavy atom. The lowest BCUT2D eigenvalue weighted by Gasteiger charge is -2.08. The van der Waals surface area contributed by atoms with Gasteiger partial charge in [-0.2, -0.15) is 0 Å². The van der Waals surface area contributed by atoms with E-state index < -0.39 is 0 Å². The van der Waals surface area contributed by atoms with Crippen molar-refractivity contribution in [1.29, 1.82) is 0 Å². The summed E-state index contributed by atoms with van der Waals surface area (Å²) in [5, 5.41) is 1.36. The zero-order valence-corrected chi connectivity index (χ0v) is 14.2. The molecule has 0 aliphatic heterocycles. The first kappa shape index (κ1) is 14.5. The Kier molecular flexibility index (Phi) is 3.96. The van der Waals surface area contributed by atoms with Crippen molar-refractivity contribution >= 4 is 38.4 Å². The van der Waals surface area contributed by atoms with Crippen LogP contribution in [0.1, 0.15) is 18.1 Å². The van der Waals surface area contributed by atoms with E-state index in [1.807, 2.05) is 31.2 Å². The first-order valence-corrected chi connectivity index (χ1v) is 7.98. The van der Waals surface area contributed by atoms with Gasteiger partial charge in [-0.25, -0.2) is 9.97 Å². The van der Waals surface area contributed by atoms with Gasteiger partial charge >= 0.3 is 0 Å². The topological polar surface area (TPSA) is 25.8 Å². The highest BCUT2D eigenvalue weighted by atomic mass is 79.9. The average Bonchev–Trinajstić information content (AvgIpc) is 2.48. The maximum atomic E-state index is 6.34. The molecule has 2 nitrogen and oxygen atoms in total. The molecule has 0 aliphatic rings. The highest BCUT2D eigenvalue weighted by molar-refractivity contribution is 9.10. The molecule has 3 aromatic rings. The molecule has 106 valence electrons. The van der Waals surface area contributed by atoms with Gasteiger partial charge in [-0.15, -0.1) is 0 Å². The summed E-state index contributed by atoms with van der Waals surface area (Å²) in [5.41, 5.74) is 4.26. The van der Waals surface area contributed by atoms with Crippen LogP contribution in [0.25, 0.3) is 22.3 Å². The Labute approximate surface area is 137 Å². The third kappa shape index (κ3) is 2.81. The van der Waals surface area contributed by atoms with Crippen LogP contribution in [0.15, 0.2) is 40.9 Å². The molecule has 0 spiro atoms. The molecule has 0 saturated carbocycles. The lowest BCUT2D eigenvalue weighted by atomic mass is 10.1. The third-order valence-corrected chi connectivity index (χ3v) is 4.28. The fraction of sp³-hybridized carbons (Fsp3) is 0.176. The second kappa shape index (κ2) is 5.74. The fourth-order valence-electron chi connectivity index (χ4n) is 2.34. The van der Waals surface area contributed by atoms with Crippen molar-refractivity contribution in [2.45, 2.75) is 20.3 Å². The van der Waals surface area contributed by atoms with Crippen LogP contribution in [0.5, 0.6) is 0 Å². The Balaban J connectivity index is 2.19. The molecule has 0 aliphatic carbocycles. The number of hydrogen-bond donors (Lipinski definition) is 0. The molecular weight excluding hydrogens is 348 g/mol. The van der Waals surface area contributed by atoms with Gasteiger partial charge in [0.1, 0.15) is 5.15 Å². The smallest absolute Gasteiger partial charge is 0.161 e. The van der Waals surface area contributed by atoms with Gasteiger partial charge in [0.05, 0.1) is 5.52 Å². The van der Waals surface area contributed by atoms with Crippen molar-refractivity contribution in [1.82, 2.24) is 9.97 Å². The predicted molar refractivity (Wildman–Crippen MR) is 91.8 cm³/mol. The Bertz CT molecular complexity index is 813. The number of benzene rings is 2. The van der Waals surface area contributed by atoms with Gasteiger partial charge in [-0.3, -0.25) is 0 Å². The van der Waals surface area contributed by atoms with E-state index in [0.29, 0.717) is 11.0 Å². The van der Waals surface area contributed by atoms with E-state index in [4.69, 9.17) is 11.6 Å². The van der Waals surface area contributed by atoms with Crippen molar-refractivity contribution in [2.24, 2.45) is 0 Å². The van der Waals surface area contributed by atoms with Crippen molar-refractivity contribution in [3.8, 4) is 11.4 Å². The molecule has 0 atom stereocenters. The molecule has 0 unspecified atom stereocenters. The lowest BCUT2D eigenvalue weighted by molar-refractivity contribution is 1.14. The van der Waals surface area contributed by atoms with Gasteiger partial charge in [0.15, 0.2) is 5.82 Å². The standard InChI is InChI=1S/C17H14BrClN2/c1-3-11-4-6-12(7-5-11)17-20-15-10(2)8-13(18)9-14(15)16(19)21-17/h4-9H,3H2,1-2H3. The molecule has 1 aromatic heterocycles. The Morgan fingerprint density at radius 2 is 1.81 bits per heavy atom. The fourth-order valence-corrected chi connectivity index (χ4v) is 3.14. The van der Waals surface area contributed by atoms with E-state index in [2.05, 4.69) is 45.0 Å². The van der Waals surface area contributed by atoms with Crippen LogP contribution in [0, 0.1) is 6.92 Å². The molecule has 0 N–H and O–H groups in total. The summed E-state index contributed by atoms with van der Waals surface area (Å²) in [6.45, 7) is 4.17. The minimum atomic E-state index is 0.485. The number of aromatic nitrogens is 2. The molecule has 21 heavy (non-hydrogen) atoms. The van der Waals surface area contributed by atoms with Crippen molar-refractivity contribution in [2.75, 3.05) is 0 Å². The highest BCUT2D eigenvalue weighted by Gasteiger charge is 2.10. The summed E-state index contributed by atoms with van der Waals surface area (Å²) in [6.07, 6.45) is 1.02. The van der Waals surface area contributed by atoms with Crippen LogP contribution >= 0.6 is 27.5 Å². The van der Waals surface area contributed by atoms with Crippen LogP contribution in [-0.2, 0) is 6.42 Å². The van der Waals surface area contributed by atoms with Gasteiger partial charge < -0.3 is 0 Å². The summed E-state index contributed by atoms with van der Waals surface area (Å²) < 4.78 is 0.984. The second-order valence-electron chi connectivity index (χ2n) is 5.01. The van der Waals surface area contributed by atoms with E-state index in [9.17, 15) is 0 Å². The number of rotatable bonds is 2. The molecule has 0 saturated heterocycles. The van der Waals surface area contributed by atoms with Crippen LogP contribution < -0.4 is 0 Å². The molecule has 0 fully saturated rings. The Hall–Kier alpha value is -1.45. The van der Waals surface area contributed by atoms with Crippen molar-refractivity contribution in [3.63, 3.8) is 0 Å².